The van der Waals surface area contributed by atoms with Crippen molar-refractivity contribution >= 4 is 17.9 Å². The zero-order valence-electron chi connectivity index (χ0n) is 11.3. The highest BCUT2D eigenvalue weighted by Crippen LogP contribution is 2.24. The van der Waals surface area contributed by atoms with Crippen molar-refractivity contribution < 1.29 is 19.5 Å². The maximum Gasteiger partial charge on any atom is 0.326 e. The Morgan fingerprint density at radius 3 is 2.45 bits per heavy atom. The Morgan fingerprint density at radius 1 is 1.35 bits per heavy atom. The summed E-state index contributed by atoms with van der Waals surface area (Å²) in [6.45, 7) is 3.54. The van der Waals surface area contributed by atoms with E-state index in [-0.39, 0.29) is 6.42 Å². The SMILES string of the molecule is CCC(C(=O)O)N1C(=O)NC(c2ccc(C)cc2)C1=O. The minimum Gasteiger partial charge on any atom is -0.480 e. The van der Waals surface area contributed by atoms with Gasteiger partial charge in [0, 0.05) is 0 Å². The van der Waals surface area contributed by atoms with Crippen LogP contribution in [0, 0.1) is 6.92 Å². The zero-order chi connectivity index (χ0) is 14.9. The molecule has 0 radical (unpaired) electrons. The fourth-order valence-corrected chi connectivity index (χ4v) is 2.24. The number of carboxylic acids is 1. The molecule has 0 spiro atoms. The van der Waals surface area contributed by atoms with Crippen molar-refractivity contribution in [3.8, 4) is 0 Å². The summed E-state index contributed by atoms with van der Waals surface area (Å²) in [5.74, 6) is -1.70. The standard InChI is InChI=1S/C14H16N2O4/c1-3-10(13(18)19)16-12(17)11(15-14(16)20)9-6-4-8(2)5-7-9/h4-7,10-11H,3H2,1-2H3,(H,15,20)(H,18,19). The maximum absolute atomic E-state index is 12.3. The van der Waals surface area contributed by atoms with E-state index in [4.69, 9.17) is 5.11 Å². The molecule has 1 saturated heterocycles. The van der Waals surface area contributed by atoms with Crippen molar-refractivity contribution in [2.45, 2.75) is 32.4 Å². The summed E-state index contributed by atoms with van der Waals surface area (Å²) in [5, 5.41) is 11.6. The van der Waals surface area contributed by atoms with E-state index in [2.05, 4.69) is 5.32 Å². The summed E-state index contributed by atoms with van der Waals surface area (Å²) >= 11 is 0. The zero-order valence-corrected chi connectivity index (χ0v) is 11.3. The van der Waals surface area contributed by atoms with Crippen molar-refractivity contribution in [1.29, 1.82) is 0 Å². The number of rotatable bonds is 4. The Morgan fingerprint density at radius 2 is 1.95 bits per heavy atom. The number of carbonyl (C=O) groups is 3. The van der Waals surface area contributed by atoms with Crippen molar-refractivity contribution in [2.24, 2.45) is 0 Å². The number of urea groups is 1. The van der Waals surface area contributed by atoms with Gasteiger partial charge in [-0.05, 0) is 18.9 Å². The molecule has 0 saturated carbocycles. The molecule has 1 aliphatic heterocycles. The van der Waals surface area contributed by atoms with E-state index in [9.17, 15) is 14.4 Å². The Bertz CT molecular complexity index is 553. The fraction of sp³-hybridized carbons (Fsp3) is 0.357. The summed E-state index contributed by atoms with van der Waals surface area (Å²) in [6.07, 6.45) is 0.176. The first kappa shape index (κ1) is 14.0. The highest BCUT2D eigenvalue weighted by atomic mass is 16.4. The Labute approximate surface area is 116 Å². The fourth-order valence-electron chi connectivity index (χ4n) is 2.24. The first-order chi connectivity index (χ1) is 9.45. The number of benzene rings is 1. The molecule has 0 bridgehead atoms. The third-order valence-electron chi connectivity index (χ3n) is 3.37. The topological polar surface area (TPSA) is 86.7 Å². The molecule has 1 aromatic carbocycles. The monoisotopic (exact) mass is 276 g/mol. The van der Waals surface area contributed by atoms with Crippen LogP contribution in [-0.4, -0.2) is 34.0 Å². The maximum atomic E-state index is 12.3. The second kappa shape index (κ2) is 5.32. The van der Waals surface area contributed by atoms with E-state index in [1.165, 1.54) is 0 Å². The summed E-state index contributed by atoms with van der Waals surface area (Å²) < 4.78 is 0. The number of aryl methyl sites for hydroxylation is 1. The van der Waals surface area contributed by atoms with Gasteiger partial charge in [-0.15, -0.1) is 0 Å². The van der Waals surface area contributed by atoms with Gasteiger partial charge in [0.1, 0.15) is 12.1 Å². The van der Waals surface area contributed by atoms with E-state index in [0.29, 0.717) is 5.56 Å². The van der Waals surface area contributed by atoms with Crippen LogP contribution in [0.25, 0.3) is 0 Å². The Hall–Kier alpha value is -2.37. The summed E-state index contributed by atoms with van der Waals surface area (Å²) in [7, 11) is 0. The van der Waals surface area contributed by atoms with E-state index in [1.807, 2.05) is 19.1 Å². The molecule has 1 aromatic rings. The van der Waals surface area contributed by atoms with Gasteiger partial charge in [-0.25, -0.2) is 14.5 Å². The lowest BCUT2D eigenvalue weighted by molar-refractivity contribution is -0.146. The third kappa shape index (κ3) is 2.36. The number of hydrogen-bond acceptors (Lipinski definition) is 3. The highest BCUT2D eigenvalue weighted by molar-refractivity contribution is 6.07. The molecule has 106 valence electrons. The number of nitrogens with one attached hydrogen (secondary N) is 1. The molecule has 2 unspecified atom stereocenters. The predicted octanol–water partition coefficient (Wildman–Crippen LogP) is 1.45. The van der Waals surface area contributed by atoms with Gasteiger partial charge in [-0.2, -0.15) is 0 Å². The molecule has 20 heavy (non-hydrogen) atoms. The van der Waals surface area contributed by atoms with E-state index in [0.717, 1.165) is 10.5 Å². The molecule has 1 heterocycles. The minimum absolute atomic E-state index is 0.176. The summed E-state index contributed by atoms with van der Waals surface area (Å²) in [4.78, 5) is 36.1. The molecule has 2 rings (SSSR count). The average Bonchev–Trinajstić information content (AvgIpc) is 2.68. The van der Waals surface area contributed by atoms with Crippen LogP contribution in [0.4, 0.5) is 4.79 Å². The second-order valence-electron chi connectivity index (χ2n) is 4.76. The summed E-state index contributed by atoms with van der Waals surface area (Å²) in [6, 6.07) is 4.59. The molecule has 0 aliphatic carbocycles. The molecule has 1 fully saturated rings. The molecule has 1 aliphatic rings. The van der Waals surface area contributed by atoms with Crippen LogP contribution in [0.2, 0.25) is 0 Å². The van der Waals surface area contributed by atoms with Crippen molar-refractivity contribution in [3.05, 3.63) is 35.4 Å². The lowest BCUT2D eigenvalue weighted by atomic mass is 10.0. The molecule has 0 aromatic heterocycles. The Balaban J connectivity index is 2.28. The molecular weight excluding hydrogens is 260 g/mol. The number of carbonyl (C=O) groups excluding carboxylic acids is 2. The number of aliphatic carboxylic acids is 1. The quantitative estimate of drug-likeness (QED) is 0.815. The van der Waals surface area contributed by atoms with E-state index in [1.54, 1.807) is 19.1 Å². The van der Waals surface area contributed by atoms with Crippen LogP contribution in [0.15, 0.2) is 24.3 Å². The third-order valence-corrected chi connectivity index (χ3v) is 3.37. The van der Waals surface area contributed by atoms with Crippen LogP contribution in [-0.2, 0) is 9.59 Å². The molecule has 6 nitrogen and oxygen atoms in total. The van der Waals surface area contributed by atoms with Gasteiger partial charge in [-0.1, -0.05) is 36.8 Å². The minimum atomic E-state index is -1.18. The first-order valence-electron chi connectivity index (χ1n) is 6.38. The van der Waals surface area contributed by atoms with Gasteiger partial charge in [0.2, 0.25) is 0 Å². The van der Waals surface area contributed by atoms with E-state index >= 15 is 0 Å². The van der Waals surface area contributed by atoms with Crippen LogP contribution in [0.3, 0.4) is 0 Å². The second-order valence-corrected chi connectivity index (χ2v) is 4.76. The molecule has 6 heteroatoms. The molecule has 2 atom stereocenters. The molecule has 3 amide bonds. The number of carboxylic acid groups (broad SMARTS) is 1. The normalized spacial score (nSPS) is 19.9. The van der Waals surface area contributed by atoms with E-state index < -0.39 is 30.0 Å². The largest absolute Gasteiger partial charge is 0.480 e. The number of imide groups is 1. The van der Waals surface area contributed by atoms with Crippen LogP contribution in [0.5, 0.6) is 0 Å². The highest BCUT2D eigenvalue weighted by Gasteiger charge is 2.44. The predicted molar refractivity (Wildman–Crippen MR) is 71.0 cm³/mol. The average molecular weight is 276 g/mol. The van der Waals surface area contributed by atoms with Crippen LogP contribution >= 0.6 is 0 Å². The van der Waals surface area contributed by atoms with Gasteiger partial charge in [0.05, 0.1) is 0 Å². The smallest absolute Gasteiger partial charge is 0.326 e. The van der Waals surface area contributed by atoms with Gasteiger partial charge in [0.15, 0.2) is 0 Å². The van der Waals surface area contributed by atoms with Gasteiger partial charge in [0.25, 0.3) is 5.91 Å². The van der Waals surface area contributed by atoms with Gasteiger partial charge < -0.3 is 10.4 Å². The van der Waals surface area contributed by atoms with Crippen molar-refractivity contribution in [3.63, 3.8) is 0 Å². The molecular formula is C14H16N2O4. The Kier molecular flexibility index (Phi) is 3.74. The number of nitrogens with zero attached hydrogens (tertiary/aromatic N) is 1. The lowest BCUT2D eigenvalue weighted by Gasteiger charge is -2.20. The van der Waals surface area contributed by atoms with Crippen LogP contribution in [0.1, 0.15) is 30.5 Å². The van der Waals surface area contributed by atoms with Crippen molar-refractivity contribution in [1.82, 2.24) is 10.2 Å². The molecule has 2 N–H and O–H groups in total. The summed E-state index contributed by atoms with van der Waals surface area (Å²) in [5.41, 5.74) is 1.69. The number of amides is 3. The van der Waals surface area contributed by atoms with Crippen LogP contribution < -0.4 is 5.32 Å². The van der Waals surface area contributed by atoms with Gasteiger partial charge >= 0.3 is 12.0 Å². The first-order valence-corrected chi connectivity index (χ1v) is 6.38. The van der Waals surface area contributed by atoms with Crippen molar-refractivity contribution in [2.75, 3.05) is 0 Å². The lowest BCUT2D eigenvalue weighted by Crippen LogP contribution is -2.45. The van der Waals surface area contributed by atoms with Gasteiger partial charge in [-0.3, -0.25) is 4.79 Å². The number of hydrogen-bond donors (Lipinski definition) is 2.